The number of piperazine rings is 1. The average molecular weight is 371 g/mol. The van der Waals surface area contributed by atoms with E-state index < -0.39 is 0 Å². The van der Waals surface area contributed by atoms with E-state index in [1.54, 1.807) is 24.1 Å². The van der Waals surface area contributed by atoms with Crippen molar-refractivity contribution in [3.63, 3.8) is 0 Å². The Balaban J connectivity index is 1.34. The number of carbonyl (C=O) groups is 2. The lowest BCUT2D eigenvalue weighted by atomic mass is 10.2. The van der Waals surface area contributed by atoms with Crippen molar-refractivity contribution in [1.29, 1.82) is 0 Å². The fourth-order valence-electron chi connectivity index (χ4n) is 3.02. The Morgan fingerprint density at radius 1 is 1.11 bits per heavy atom. The maximum absolute atomic E-state index is 12.2. The lowest BCUT2D eigenvalue weighted by molar-refractivity contribution is -0.121. The highest BCUT2D eigenvalue weighted by Gasteiger charge is 2.23. The normalized spacial score (nSPS) is 14.8. The van der Waals surface area contributed by atoms with Gasteiger partial charge in [0.25, 0.3) is 5.91 Å². The lowest BCUT2D eigenvalue weighted by Gasteiger charge is -2.34. The zero-order valence-corrected chi connectivity index (χ0v) is 15.5. The second-order valence-corrected chi connectivity index (χ2v) is 6.49. The molecular weight excluding hydrogens is 346 g/mol. The number of ether oxygens (including phenoxy) is 1. The molecule has 0 radical (unpaired) electrons. The van der Waals surface area contributed by atoms with Crippen molar-refractivity contribution >= 4 is 11.8 Å². The van der Waals surface area contributed by atoms with Gasteiger partial charge in [-0.3, -0.25) is 14.5 Å². The van der Waals surface area contributed by atoms with Crippen LogP contribution in [0.5, 0.6) is 5.75 Å². The van der Waals surface area contributed by atoms with E-state index >= 15 is 0 Å². The van der Waals surface area contributed by atoms with Crippen LogP contribution in [0.25, 0.3) is 0 Å². The first-order valence-corrected chi connectivity index (χ1v) is 9.10. The number of benzene rings is 1. The second kappa shape index (κ2) is 9.23. The summed E-state index contributed by atoms with van der Waals surface area (Å²) >= 11 is 0. The molecule has 2 aromatic rings. The first-order chi connectivity index (χ1) is 13.2. The fourth-order valence-corrected chi connectivity index (χ4v) is 3.02. The Kier molecular flexibility index (Phi) is 6.49. The zero-order valence-electron chi connectivity index (χ0n) is 15.5. The standard InChI is InChI=1S/C20H25N3O4/c1-26-17-6-4-16(5-7-17)15-21-19(24)8-9-22-10-12-23(13-11-22)20(25)18-3-2-14-27-18/h2-7,14H,8-13,15H2,1H3,(H,21,24). The van der Waals surface area contributed by atoms with Crippen LogP contribution in [0.15, 0.2) is 47.1 Å². The molecule has 1 aliphatic rings. The summed E-state index contributed by atoms with van der Waals surface area (Å²) < 4.78 is 10.3. The van der Waals surface area contributed by atoms with Gasteiger partial charge in [-0.2, -0.15) is 0 Å². The Labute approximate surface area is 158 Å². The van der Waals surface area contributed by atoms with Crippen molar-refractivity contribution < 1.29 is 18.7 Å². The highest BCUT2D eigenvalue weighted by Crippen LogP contribution is 2.11. The van der Waals surface area contributed by atoms with Gasteiger partial charge in [-0.15, -0.1) is 0 Å². The molecule has 2 heterocycles. The van der Waals surface area contributed by atoms with Crippen molar-refractivity contribution in [2.75, 3.05) is 39.8 Å². The lowest BCUT2D eigenvalue weighted by Crippen LogP contribution is -2.49. The minimum atomic E-state index is -0.0723. The number of amides is 2. The van der Waals surface area contributed by atoms with Crippen molar-refractivity contribution in [3.8, 4) is 5.75 Å². The predicted octanol–water partition coefficient (Wildman–Crippen LogP) is 1.75. The van der Waals surface area contributed by atoms with Gasteiger partial charge >= 0.3 is 0 Å². The highest BCUT2D eigenvalue weighted by molar-refractivity contribution is 5.91. The number of hydrogen-bond donors (Lipinski definition) is 1. The number of hydrogen-bond acceptors (Lipinski definition) is 5. The van der Waals surface area contributed by atoms with Crippen molar-refractivity contribution in [3.05, 3.63) is 54.0 Å². The number of nitrogens with zero attached hydrogens (tertiary/aromatic N) is 2. The van der Waals surface area contributed by atoms with E-state index in [-0.39, 0.29) is 11.8 Å². The van der Waals surface area contributed by atoms with Crippen LogP contribution >= 0.6 is 0 Å². The van der Waals surface area contributed by atoms with Gasteiger partial charge in [0.05, 0.1) is 13.4 Å². The molecule has 1 fully saturated rings. The molecule has 7 nitrogen and oxygen atoms in total. The van der Waals surface area contributed by atoms with Crippen LogP contribution in [-0.4, -0.2) is 61.4 Å². The molecule has 27 heavy (non-hydrogen) atoms. The second-order valence-electron chi connectivity index (χ2n) is 6.49. The molecule has 0 bridgehead atoms. The molecule has 0 saturated carbocycles. The molecule has 144 valence electrons. The molecule has 0 aliphatic carbocycles. The molecule has 0 unspecified atom stereocenters. The van der Waals surface area contributed by atoms with E-state index in [0.29, 0.717) is 38.4 Å². The van der Waals surface area contributed by atoms with Crippen LogP contribution < -0.4 is 10.1 Å². The summed E-state index contributed by atoms with van der Waals surface area (Å²) in [6.07, 6.45) is 1.95. The Morgan fingerprint density at radius 3 is 2.48 bits per heavy atom. The minimum Gasteiger partial charge on any atom is -0.497 e. The van der Waals surface area contributed by atoms with Crippen LogP contribution in [0.4, 0.5) is 0 Å². The summed E-state index contributed by atoms with van der Waals surface area (Å²) in [5.74, 6) is 1.13. The van der Waals surface area contributed by atoms with Crippen LogP contribution in [0.2, 0.25) is 0 Å². The number of nitrogens with one attached hydrogen (secondary N) is 1. The molecule has 7 heteroatoms. The van der Waals surface area contributed by atoms with E-state index in [1.807, 2.05) is 24.3 Å². The summed E-state index contributed by atoms with van der Waals surface area (Å²) in [7, 11) is 1.63. The van der Waals surface area contributed by atoms with Crippen molar-refractivity contribution in [2.24, 2.45) is 0 Å². The minimum absolute atomic E-state index is 0.0277. The maximum Gasteiger partial charge on any atom is 0.289 e. The molecule has 0 atom stereocenters. The van der Waals surface area contributed by atoms with Crippen LogP contribution in [-0.2, 0) is 11.3 Å². The SMILES string of the molecule is COc1ccc(CNC(=O)CCN2CCN(C(=O)c3ccco3)CC2)cc1. The summed E-state index contributed by atoms with van der Waals surface area (Å²) in [5.41, 5.74) is 1.04. The fraction of sp³-hybridized carbons (Fsp3) is 0.400. The molecule has 1 aromatic carbocycles. The first kappa shape index (κ1) is 19.0. The van der Waals surface area contributed by atoms with E-state index in [0.717, 1.165) is 24.4 Å². The van der Waals surface area contributed by atoms with Gasteiger partial charge in [0, 0.05) is 45.7 Å². The predicted molar refractivity (Wildman–Crippen MR) is 101 cm³/mol. The van der Waals surface area contributed by atoms with Crippen LogP contribution in [0, 0.1) is 0 Å². The van der Waals surface area contributed by atoms with E-state index in [9.17, 15) is 9.59 Å². The van der Waals surface area contributed by atoms with Crippen LogP contribution in [0.1, 0.15) is 22.5 Å². The molecule has 1 N–H and O–H groups in total. The third kappa shape index (κ3) is 5.34. The van der Waals surface area contributed by atoms with Gasteiger partial charge in [0.15, 0.2) is 5.76 Å². The van der Waals surface area contributed by atoms with Gasteiger partial charge in [0.2, 0.25) is 5.91 Å². The molecule has 1 saturated heterocycles. The number of rotatable bonds is 7. The highest BCUT2D eigenvalue weighted by atomic mass is 16.5. The quantitative estimate of drug-likeness (QED) is 0.803. The summed E-state index contributed by atoms with van der Waals surface area (Å²) in [6, 6.07) is 11.0. The van der Waals surface area contributed by atoms with E-state index in [2.05, 4.69) is 10.2 Å². The van der Waals surface area contributed by atoms with Gasteiger partial charge in [0.1, 0.15) is 5.75 Å². The number of methoxy groups -OCH3 is 1. The Morgan fingerprint density at radius 2 is 1.85 bits per heavy atom. The van der Waals surface area contributed by atoms with Crippen molar-refractivity contribution in [2.45, 2.75) is 13.0 Å². The summed E-state index contributed by atoms with van der Waals surface area (Å²) in [5, 5.41) is 2.94. The average Bonchev–Trinajstić information content (AvgIpc) is 3.26. The van der Waals surface area contributed by atoms with Crippen molar-refractivity contribution in [1.82, 2.24) is 15.1 Å². The largest absolute Gasteiger partial charge is 0.497 e. The Bertz CT molecular complexity index is 735. The van der Waals surface area contributed by atoms with Crippen LogP contribution in [0.3, 0.4) is 0 Å². The molecule has 2 amide bonds. The van der Waals surface area contributed by atoms with Gasteiger partial charge < -0.3 is 19.4 Å². The summed E-state index contributed by atoms with van der Waals surface area (Å²) in [6.45, 7) is 4.02. The number of carbonyl (C=O) groups excluding carboxylic acids is 2. The molecule has 1 aliphatic heterocycles. The Hall–Kier alpha value is -2.80. The van der Waals surface area contributed by atoms with E-state index in [1.165, 1.54) is 6.26 Å². The van der Waals surface area contributed by atoms with Gasteiger partial charge in [-0.05, 0) is 29.8 Å². The third-order valence-corrected chi connectivity index (χ3v) is 4.70. The zero-order chi connectivity index (χ0) is 19.1. The summed E-state index contributed by atoms with van der Waals surface area (Å²) in [4.78, 5) is 28.3. The molecule has 0 spiro atoms. The van der Waals surface area contributed by atoms with E-state index in [4.69, 9.17) is 9.15 Å². The monoisotopic (exact) mass is 371 g/mol. The first-order valence-electron chi connectivity index (χ1n) is 9.10. The van der Waals surface area contributed by atoms with Gasteiger partial charge in [-0.25, -0.2) is 0 Å². The number of furan rings is 1. The molecule has 3 rings (SSSR count). The third-order valence-electron chi connectivity index (χ3n) is 4.70. The molecular formula is C20H25N3O4. The molecule has 1 aromatic heterocycles. The maximum atomic E-state index is 12.2. The topological polar surface area (TPSA) is 75.0 Å². The van der Waals surface area contributed by atoms with Gasteiger partial charge in [-0.1, -0.05) is 12.1 Å². The smallest absolute Gasteiger partial charge is 0.289 e.